The third-order valence-corrected chi connectivity index (χ3v) is 1.65. The van der Waals surface area contributed by atoms with E-state index in [1.54, 1.807) is 0 Å². The van der Waals surface area contributed by atoms with E-state index in [1.165, 1.54) is 6.92 Å². The molecule has 0 saturated carbocycles. The smallest absolute Gasteiger partial charge is 0.314 e. The van der Waals surface area contributed by atoms with Crippen molar-refractivity contribution in [1.82, 2.24) is 0 Å². The summed E-state index contributed by atoms with van der Waals surface area (Å²) in [6.45, 7) is 5.33. The lowest BCUT2D eigenvalue weighted by Gasteiger charge is -2.10. The Morgan fingerprint density at radius 3 is 2.23 bits per heavy atom. The monoisotopic (exact) mass is 188 g/mol. The molecule has 0 spiro atoms. The van der Waals surface area contributed by atoms with Crippen LogP contribution in [0.25, 0.3) is 0 Å². The van der Waals surface area contributed by atoms with Gasteiger partial charge < -0.3 is 9.84 Å². The van der Waals surface area contributed by atoms with Crippen LogP contribution in [-0.4, -0.2) is 29.6 Å². The molecule has 0 aliphatic rings. The van der Waals surface area contributed by atoms with Crippen LogP contribution in [0.15, 0.2) is 0 Å². The van der Waals surface area contributed by atoms with E-state index in [2.05, 4.69) is 0 Å². The molecule has 4 nitrogen and oxygen atoms in total. The molecule has 0 fully saturated rings. The highest BCUT2D eigenvalue weighted by molar-refractivity contribution is 5.96. The number of carbonyl (C=O) groups excluding carboxylic acids is 1. The Hall–Kier alpha value is -0.900. The van der Waals surface area contributed by atoms with Gasteiger partial charge in [-0.05, 0) is 27.2 Å². The zero-order chi connectivity index (χ0) is 10.4. The minimum absolute atomic E-state index is 0.0707. The topological polar surface area (TPSA) is 63.6 Å². The van der Waals surface area contributed by atoms with Crippen LogP contribution < -0.4 is 0 Å². The molecular weight excluding hydrogens is 172 g/mol. The normalized spacial score (nSPS) is 12.9. The maximum Gasteiger partial charge on any atom is 0.314 e. The largest absolute Gasteiger partial charge is 0.481 e. The highest BCUT2D eigenvalue weighted by Gasteiger charge is 2.21. The van der Waals surface area contributed by atoms with Crippen LogP contribution >= 0.6 is 0 Å². The maximum absolute atomic E-state index is 10.8. The summed E-state index contributed by atoms with van der Waals surface area (Å²) >= 11 is 0. The van der Waals surface area contributed by atoms with E-state index >= 15 is 0 Å². The first-order valence-electron chi connectivity index (χ1n) is 4.30. The van der Waals surface area contributed by atoms with E-state index in [0.717, 1.165) is 0 Å². The first kappa shape index (κ1) is 12.1. The zero-order valence-electron chi connectivity index (χ0n) is 8.24. The first-order chi connectivity index (χ1) is 5.95. The summed E-state index contributed by atoms with van der Waals surface area (Å²) in [5, 5.41) is 8.63. The number of hydrogen-bond acceptors (Lipinski definition) is 3. The highest BCUT2D eigenvalue weighted by atomic mass is 16.5. The number of ketones is 1. The molecule has 0 aromatic carbocycles. The minimum atomic E-state index is -1.07. The second kappa shape index (κ2) is 5.70. The number of ether oxygens (including phenoxy) is 1. The fraction of sp³-hybridized carbons (Fsp3) is 0.778. The van der Waals surface area contributed by atoms with Gasteiger partial charge in [-0.1, -0.05) is 0 Å². The van der Waals surface area contributed by atoms with Crippen molar-refractivity contribution in [1.29, 1.82) is 0 Å². The van der Waals surface area contributed by atoms with Crippen molar-refractivity contribution in [3.8, 4) is 0 Å². The predicted molar refractivity (Wildman–Crippen MR) is 47.5 cm³/mol. The van der Waals surface area contributed by atoms with Crippen LogP contribution in [0.5, 0.6) is 0 Å². The van der Waals surface area contributed by atoms with Crippen molar-refractivity contribution in [2.24, 2.45) is 5.92 Å². The van der Waals surface area contributed by atoms with Gasteiger partial charge >= 0.3 is 5.97 Å². The van der Waals surface area contributed by atoms with Crippen molar-refractivity contribution in [3.05, 3.63) is 0 Å². The van der Waals surface area contributed by atoms with Crippen molar-refractivity contribution < 1.29 is 19.4 Å². The first-order valence-corrected chi connectivity index (χ1v) is 4.30. The molecule has 0 saturated heterocycles. The average Bonchev–Trinajstić information content (AvgIpc) is 1.95. The maximum atomic E-state index is 10.8. The summed E-state index contributed by atoms with van der Waals surface area (Å²) in [4.78, 5) is 21.4. The van der Waals surface area contributed by atoms with Crippen LogP contribution in [0.4, 0.5) is 0 Å². The quantitative estimate of drug-likeness (QED) is 0.634. The van der Waals surface area contributed by atoms with E-state index < -0.39 is 11.9 Å². The minimum Gasteiger partial charge on any atom is -0.481 e. The predicted octanol–water partition coefficient (Wildman–Crippen LogP) is 1.09. The fourth-order valence-electron chi connectivity index (χ4n) is 0.922. The van der Waals surface area contributed by atoms with E-state index in [4.69, 9.17) is 9.84 Å². The Balaban J connectivity index is 3.84. The van der Waals surface area contributed by atoms with E-state index in [0.29, 0.717) is 6.61 Å². The average molecular weight is 188 g/mol. The summed E-state index contributed by atoms with van der Waals surface area (Å²) in [5.74, 6) is -2.31. The summed E-state index contributed by atoms with van der Waals surface area (Å²) in [7, 11) is 0. The lowest BCUT2D eigenvalue weighted by molar-refractivity contribution is -0.146. The van der Waals surface area contributed by atoms with E-state index in [-0.39, 0.29) is 18.3 Å². The Morgan fingerprint density at radius 1 is 1.38 bits per heavy atom. The number of rotatable bonds is 6. The van der Waals surface area contributed by atoms with Gasteiger partial charge in [0.1, 0.15) is 11.7 Å². The van der Waals surface area contributed by atoms with Crippen LogP contribution in [0.3, 0.4) is 0 Å². The molecule has 1 N–H and O–H groups in total. The Morgan fingerprint density at radius 2 is 1.92 bits per heavy atom. The van der Waals surface area contributed by atoms with Crippen molar-refractivity contribution in [3.63, 3.8) is 0 Å². The molecular formula is C9H16O4. The third kappa shape index (κ3) is 5.36. The van der Waals surface area contributed by atoms with Gasteiger partial charge in [0, 0.05) is 6.61 Å². The van der Waals surface area contributed by atoms with Crippen LogP contribution in [-0.2, 0) is 14.3 Å². The molecule has 4 heteroatoms. The molecule has 0 aliphatic carbocycles. The lowest BCUT2D eigenvalue weighted by Crippen LogP contribution is -2.23. The molecule has 0 radical (unpaired) electrons. The molecule has 0 bridgehead atoms. The molecule has 0 amide bonds. The van der Waals surface area contributed by atoms with E-state index in [9.17, 15) is 9.59 Å². The standard InChI is InChI=1S/C9H16O4/c1-6(2)13-5-4-8(7(3)10)9(11)12/h6,8H,4-5H2,1-3H3,(H,11,12). The SMILES string of the molecule is CC(=O)C(CCOC(C)C)C(=O)O. The fourth-order valence-corrected chi connectivity index (χ4v) is 0.922. The molecule has 76 valence electrons. The Bertz CT molecular complexity index is 172. The second-order valence-electron chi connectivity index (χ2n) is 3.21. The molecule has 0 aliphatic heterocycles. The number of hydrogen-bond donors (Lipinski definition) is 1. The zero-order valence-corrected chi connectivity index (χ0v) is 8.24. The highest BCUT2D eigenvalue weighted by Crippen LogP contribution is 2.06. The Labute approximate surface area is 77.9 Å². The number of carbonyl (C=O) groups is 2. The second-order valence-corrected chi connectivity index (χ2v) is 3.21. The van der Waals surface area contributed by atoms with Gasteiger partial charge in [0.15, 0.2) is 0 Å². The lowest BCUT2D eigenvalue weighted by atomic mass is 10.0. The molecule has 1 unspecified atom stereocenters. The van der Waals surface area contributed by atoms with Crippen molar-refractivity contribution in [2.45, 2.75) is 33.3 Å². The molecule has 0 aromatic heterocycles. The summed E-state index contributed by atoms with van der Waals surface area (Å²) in [6.07, 6.45) is 0.324. The molecule has 0 aromatic rings. The van der Waals surface area contributed by atoms with Gasteiger partial charge in [0.25, 0.3) is 0 Å². The molecule has 1 atom stereocenters. The van der Waals surface area contributed by atoms with Crippen LogP contribution in [0.1, 0.15) is 27.2 Å². The summed E-state index contributed by atoms with van der Waals surface area (Å²) < 4.78 is 5.16. The van der Waals surface area contributed by atoms with Crippen LogP contribution in [0, 0.1) is 5.92 Å². The molecule has 0 heterocycles. The number of carboxylic acid groups (broad SMARTS) is 1. The van der Waals surface area contributed by atoms with Crippen molar-refractivity contribution >= 4 is 11.8 Å². The van der Waals surface area contributed by atoms with Gasteiger partial charge in [0.05, 0.1) is 6.10 Å². The summed E-state index contributed by atoms with van der Waals surface area (Å²) in [6, 6.07) is 0. The van der Waals surface area contributed by atoms with Gasteiger partial charge in [-0.2, -0.15) is 0 Å². The van der Waals surface area contributed by atoms with Gasteiger partial charge in [-0.25, -0.2) is 0 Å². The number of aliphatic carboxylic acids is 1. The molecule has 13 heavy (non-hydrogen) atoms. The third-order valence-electron chi connectivity index (χ3n) is 1.65. The van der Waals surface area contributed by atoms with Gasteiger partial charge in [-0.15, -0.1) is 0 Å². The van der Waals surface area contributed by atoms with Crippen molar-refractivity contribution in [2.75, 3.05) is 6.61 Å². The van der Waals surface area contributed by atoms with Gasteiger partial charge in [-0.3, -0.25) is 9.59 Å². The Kier molecular flexibility index (Phi) is 5.30. The van der Waals surface area contributed by atoms with Crippen LogP contribution in [0.2, 0.25) is 0 Å². The van der Waals surface area contributed by atoms with E-state index in [1.807, 2.05) is 13.8 Å². The summed E-state index contributed by atoms with van der Waals surface area (Å²) in [5.41, 5.74) is 0. The number of Topliss-reactive ketones (excluding diaryl/α,β-unsaturated/α-hetero) is 1. The number of carboxylic acids is 1. The molecule has 0 rings (SSSR count). The van der Waals surface area contributed by atoms with Gasteiger partial charge in [0.2, 0.25) is 0 Å².